The van der Waals surface area contributed by atoms with Crippen molar-refractivity contribution < 1.29 is 9.53 Å². The lowest BCUT2D eigenvalue weighted by molar-refractivity contribution is -0.122. The second-order valence-electron chi connectivity index (χ2n) is 6.63. The van der Waals surface area contributed by atoms with Crippen LogP contribution in [-0.4, -0.2) is 17.0 Å². The molecule has 1 N–H and O–H groups in total. The van der Waals surface area contributed by atoms with E-state index in [0.29, 0.717) is 5.75 Å². The lowest BCUT2D eigenvalue weighted by Gasteiger charge is -2.15. The van der Waals surface area contributed by atoms with E-state index in [1.165, 1.54) is 0 Å². The van der Waals surface area contributed by atoms with Gasteiger partial charge in [0.1, 0.15) is 10.8 Å². The number of anilines is 1. The quantitative estimate of drug-likeness (QED) is 0.479. The zero-order valence-electron chi connectivity index (χ0n) is 15.7. The van der Waals surface area contributed by atoms with Gasteiger partial charge in [-0.2, -0.15) is 0 Å². The molecule has 4 aromatic rings. The number of hydrogen-bond acceptors (Lipinski definition) is 4. The summed E-state index contributed by atoms with van der Waals surface area (Å²) in [5, 5.41) is 3.87. The molecule has 0 radical (unpaired) electrons. The molecule has 140 valence electrons. The fourth-order valence-electron chi connectivity index (χ4n) is 2.88. The molecule has 0 unspecified atom stereocenters. The van der Waals surface area contributed by atoms with Crippen LogP contribution in [0.2, 0.25) is 0 Å². The van der Waals surface area contributed by atoms with E-state index in [0.717, 1.165) is 32.0 Å². The fourth-order valence-corrected chi connectivity index (χ4v) is 3.85. The molecule has 5 heteroatoms. The molecule has 0 bridgehead atoms. The first kappa shape index (κ1) is 18.2. The summed E-state index contributed by atoms with van der Waals surface area (Å²) in [5.41, 5.74) is 3.86. The number of amides is 1. The number of nitrogens with one attached hydrogen (secondary N) is 1. The third-order valence-electron chi connectivity index (χ3n) is 4.36. The van der Waals surface area contributed by atoms with Gasteiger partial charge in [-0.1, -0.05) is 24.3 Å². The second kappa shape index (κ2) is 7.82. The Hall–Kier alpha value is -3.18. The number of aromatic nitrogens is 1. The van der Waals surface area contributed by atoms with Crippen LogP contribution in [0.3, 0.4) is 0 Å². The third kappa shape index (κ3) is 4.05. The van der Waals surface area contributed by atoms with E-state index in [-0.39, 0.29) is 5.91 Å². The predicted octanol–water partition coefficient (Wildman–Crippen LogP) is 5.68. The minimum Gasteiger partial charge on any atom is -0.481 e. The van der Waals surface area contributed by atoms with Gasteiger partial charge in [0.15, 0.2) is 6.10 Å². The minimum absolute atomic E-state index is 0.186. The zero-order valence-corrected chi connectivity index (χ0v) is 16.5. The molecule has 1 heterocycles. The fraction of sp³-hybridized carbons (Fsp3) is 0.130. The van der Waals surface area contributed by atoms with Crippen LogP contribution in [0, 0.1) is 6.92 Å². The highest BCUT2D eigenvalue weighted by molar-refractivity contribution is 7.21. The molecule has 0 aliphatic carbocycles. The number of hydrogen-bond donors (Lipinski definition) is 1. The molecule has 0 aliphatic rings. The Morgan fingerprint density at radius 3 is 2.57 bits per heavy atom. The Balaban J connectivity index is 1.43. The molecule has 0 aliphatic heterocycles. The van der Waals surface area contributed by atoms with Crippen molar-refractivity contribution in [2.45, 2.75) is 20.0 Å². The van der Waals surface area contributed by atoms with Crippen LogP contribution in [0.25, 0.3) is 20.8 Å². The third-order valence-corrected chi connectivity index (χ3v) is 5.45. The van der Waals surface area contributed by atoms with Crippen molar-refractivity contribution in [3.8, 4) is 16.3 Å². The molecule has 28 heavy (non-hydrogen) atoms. The van der Waals surface area contributed by atoms with Gasteiger partial charge in [-0.25, -0.2) is 4.98 Å². The summed E-state index contributed by atoms with van der Waals surface area (Å²) in [6.45, 7) is 3.73. The van der Waals surface area contributed by atoms with Crippen molar-refractivity contribution in [2.24, 2.45) is 0 Å². The monoisotopic (exact) mass is 388 g/mol. The van der Waals surface area contributed by atoms with Gasteiger partial charge in [0.2, 0.25) is 0 Å². The number of carbonyl (C=O) groups is 1. The summed E-state index contributed by atoms with van der Waals surface area (Å²) in [6.07, 6.45) is -0.592. The van der Waals surface area contributed by atoms with Crippen molar-refractivity contribution >= 4 is 33.1 Å². The normalized spacial score (nSPS) is 11.9. The number of ether oxygens (including phenoxy) is 1. The molecule has 0 saturated carbocycles. The van der Waals surface area contributed by atoms with Crippen molar-refractivity contribution in [3.05, 3.63) is 78.4 Å². The summed E-state index contributed by atoms with van der Waals surface area (Å²) in [4.78, 5) is 17.1. The molecular weight excluding hydrogens is 368 g/mol. The van der Waals surface area contributed by atoms with Gasteiger partial charge in [-0.3, -0.25) is 4.79 Å². The highest BCUT2D eigenvalue weighted by Gasteiger charge is 2.15. The average molecular weight is 388 g/mol. The molecule has 3 aromatic carbocycles. The van der Waals surface area contributed by atoms with Crippen LogP contribution in [0.15, 0.2) is 72.8 Å². The number of aryl methyl sites for hydroxylation is 1. The Labute approximate surface area is 167 Å². The van der Waals surface area contributed by atoms with E-state index in [1.54, 1.807) is 18.3 Å². The summed E-state index contributed by atoms with van der Waals surface area (Å²) in [7, 11) is 0. The highest BCUT2D eigenvalue weighted by atomic mass is 32.1. The van der Waals surface area contributed by atoms with E-state index in [9.17, 15) is 4.79 Å². The van der Waals surface area contributed by atoms with Gasteiger partial charge < -0.3 is 10.1 Å². The van der Waals surface area contributed by atoms with Crippen LogP contribution in [0.1, 0.15) is 12.5 Å². The molecule has 1 amide bonds. The standard InChI is InChI=1S/C23H20N2O2S/c1-15-6-5-7-19(14-15)27-16(2)22(26)24-18-12-10-17(11-13-18)23-25-20-8-3-4-9-21(20)28-23/h3-14,16H,1-2H3,(H,24,26)/t16-/m0/s1. The van der Waals surface area contributed by atoms with Gasteiger partial charge in [0.25, 0.3) is 5.91 Å². The summed E-state index contributed by atoms with van der Waals surface area (Å²) < 4.78 is 6.90. The molecule has 0 fully saturated rings. The van der Waals surface area contributed by atoms with E-state index in [2.05, 4.69) is 16.4 Å². The number of para-hydroxylation sites is 1. The van der Waals surface area contributed by atoms with Gasteiger partial charge >= 0.3 is 0 Å². The van der Waals surface area contributed by atoms with Crippen molar-refractivity contribution in [1.29, 1.82) is 0 Å². The second-order valence-corrected chi connectivity index (χ2v) is 7.66. The lowest BCUT2D eigenvalue weighted by atomic mass is 10.2. The van der Waals surface area contributed by atoms with Crippen LogP contribution < -0.4 is 10.1 Å². The van der Waals surface area contributed by atoms with Crippen LogP contribution in [0.4, 0.5) is 5.69 Å². The Kier molecular flexibility index (Phi) is 5.08. The van der Waals surface area contributed by atoms with Crippen LogP contribution in [0.5, 0.6) is 5.75 Å². The number of thiazole rings is 1. The average Bonchev–Trinajstić information content (AvgIpc) is 3.13. The maximum Gasteiger partial charge on any atom is 0.265 e. The molecule has 0 spiro atoms. The van der Waals surface area contributed by atoms with Gasteiger partial charge in [0, 0.05) is 11.3 Å². The predicted molar refractivity (Wildman–Crippen MR) is 115 cm³/mol. The number of fused-ring (bicyclic) bond motifs is 1. The molecule has 1 atom stereocenters. The first-order valence-corrected chi connectivity index (χ1v) is 9.90. The van der Waals surface area contributed by atoms with Crippen LogP contribution in [-0.2, 0) is 4.79 Å². The first-order valence-electron chi connectivity index (χ1n) is 9.09. The number of nitrogens with zero attached hydrogens (tertiary/aromatic N) is 1. The number of carbonyl (C=O) groups excluding carboxylic acids is 1. The summed E-state index contributed by atoms with van der Waals surface area (Å²) in [6, 6.07) is 23.5. The number of rotatable bonds is 5. The molecule has 0 saturated heterocycles. The van der Waals surface area contributed by atoms with Crippen molar-refractivity contribution in [2.75, 3.05) is 5.32 Å². The molecule has 1 aromatic heterocycles. The first-order chi connectivity index (χ1) is 13.6. The SMILES string of the molecule is Cc1cccc(O[C@@H](C)C(=O)Nc2ccc(-c3nc4ccccc4s3)cc2)c1. The smallest absolute Gasteiger partial charge is 0.265 e. The maximum absolute atomic E-state index is 12.4. The Morgan fingerprint density at radius 1 is 1.04 bits per heavy atom. The van der Waals surface area contributed by atoms with Crippen molar-refractivity contribution in [3.63, 3.8) is 0 Å². The Bertz CT molecular complexity index is 1090. The summed E-state index contributed by atoms with van der Waals surface area (Å²) in [5.74, 6) is 0.503. The van der Waals surface area contributed by atoms with E-state index >= 15 is 0 Å². The van der Waals surface area contributed by atoms with E-state index in [1.807, 2.05) is 73.7 Å². The maximum atomic E-state index is 12.4. The Morgan fingerprint density at radius 2 is 1.82 bits per heavy atom. The summed E-state index contributed by atoms with van der Waals surface area (Å²) >= 11 is 1.66. The largest absolute Gasteiger partial charge is 0.481 e. The van der Waals surface area contributed by atoms with Gasteiger partial charge in [-0.15, -0.1) is 11.3 Å². The van der Waals surface area contributed by atoms with Gasteiger partial charge in [0.05, 0.1) is 10.2 Å². The van der Waals surface area contributed by atoms with Crippen LogP contribution >= 0.6 is 11.3 Å². The zero-order chi connectivity index (χ0) is 19.5. The highest BCUT2D eigenvalue weighted by Crippen LogP contribution is 2.30. The lowest BCUT2D eigenvalue weighted by Crippen LogP contribution is -2.30. The number of benzene rings is 3. The molecular formula is C23H20N2O2S. The molecule has 4 nitrogen and oxygen atoms in total. The molecule has 4 rings (SSSR count). The minimum atomic E-state index is -0.592. The van der Waals surface area contributed by atoms with E-state index < -0.39 is 6.10 Å². The topological polar surface area (TPSA) is 51.2 Å². The van der Waals surface area contributed by atoms with E-state index in [4.69, 9.17) is 4.74 Å². The van der Waals surface area contributed by atoms with Gasteiger partial charge in [-0.05, 0) is 67.9 Å². The van der Waals surface area contributed by atoms with Crippen molar-refractivity contribution in [1.82, 2.24) is 4.98 Å².